The first-order valence-electron chi connectivity index (χ1n) is 16.1. The minimum absolute atomic E-state index is 0.0106. The Hall–Kier alpha value is -3.04. The number of anilines is 4. The van der Waals surface area contributed by atoms with Gasteiger partial charge in [0.2, 0.25) is 10.0 Å². The molecule has 0 spiro atoms. The van der Waals surface area contributed by atoms with Crippen molar-refractivity contribution in [3.8, 4) is 0 Å². The average Bonchev–Trinajstić information content (AvgIpc) is 3.02. The molecule has 1 amide bonds. The molecule has 0 radical (unpaired) electrons. The molecule has 2 saturated heterocycles. The van der Waals surface area contributed by atoms with Crippen LogP contribution < -0.4 is 21.3 Å². The molecule has 3 heterocycles. The predicted octanol–water partition coefficient (Wildman–Crippen LogP) is 2.06. The van der Waals surface area contributed by atoms with Crippen LogP contribution in [0.2, 0.25) is 0 Å². The van der Waals surface area contributed by atoms with Crippen molar-refractivity contribution in [3.05, 3.63) is 29.6 Å². The van der Waals surface area contributed by atoms with E-state index in [9.17, 15) is 18.3 Å². The van der Waals surface area contributed by atoms with Crippen molar-refractivity contribution in [3.63, 3.8) is 0 Å². The molecule has 1 aromatic carbocycles. The fraction of sp³-hybridized carbons (Fsp3) is 0.645. The van der Waals surface area contributed by atoms with E-state index < -0.39 is 15.9 Å². The maximum absolute atomic E-state index is 13.6. The number of primary amides is 1. The molecular formula is C31H49N9O4S. The van der Waals surface area contributed by atoms with Crippen molar-refractivity contribution < 1.29 is 18.3 Å². The molecular weight excluding hydrogens is 594 g/mol. The van der Waals surface area contributed by atoms with Crippen LogP contribution in [0.15, 0.2) is 23.1 Å². The lowest BCUT2D eigenvalue weighted by atomic mass is 9.93. The number of hydrogen-bond acceptors (Lipinski definition) is 11. The van der Waals surface area contributed by atoms with E-state index in [4.69, 9.17) is 10.7 Å². The topological polar surface area (TPSA) is 160 Å². The van der Waals surface area contributed by atoms with Gasteiger partial charge in [-0.25, -0.2) is 22.7 Å². The Balaban J connectivity index is 1.41. The second kappa shape index (κ2) is 14.2. The molecule has 1 aromatic heterocycles. The predicted molar refractivity (Wildman–Crippen MR) is 177 cm³/mol. The molecule has 0 atom stereocenters. The first-order chi connectivity index (χ1) is 21.5. The molecule has 3 aliphatic rings. The number of likely N-dealkylation sites (N-methyl/N-ethyl adjacent to an activating group) is 1. The summed E-state index contributed by atoms with van der Waals surface area (Å²) in [6.45, 7) is 7.75. The Kier molecular flexibility index (Phi) is 10.5. The van der Waals surface area contributed by atoms with Gasteiger partial charge in [0, 0.05) is 71.1 Å². The molecule has 45 heavy (non-hydrogen) atoms. The third-order valence-electron chi connectivity index (χ3n) is 9.41. The number of nitrogens with one attached hydrogen (secondary N) is 2. The summed E-state index contributed by atoms with van der Waals surface area (Å²) in [5.41, 5.74) is 7.46. The van der Waals surface area contributed by atoms with Crippen molar-refractivity contribution in [2.45, 2.75) is 75.0 Å². The molecule has 248 valence electrons. The monoisotopic (exact) mass is 643 g/mol. The molecule has 1 saturated carbocycles. The summed E-state index contributed by atoms with van der Waals surface area (Å²) in [5, 5.41) is 16.5. The standard InChI is InChI=1S/C31H49N9O4S/c1-5-25-30(33-21-6-9-24(41)10-7-21)36-31(28(35-25)29(32)42)34-22-8-11-26(27(20-22)45(43,44)37(2)3)40-14-12-23(13-15-40)39-18-16-38(4)17-19-39/h8,11,20-21,23-24,41H,5-7,9-10,12-19H2,1-4H3,(H2,32,42)(H2,33,34,36)/t21-,24-. The number of benzene rings is 1. The van der Waals surface area contributed by atoms with E-state index in [2.05, 4.69) is 37.4 Å². The van der Waals surface area contributed by atoms with Crippen molar-refractivity contribution in [2.75, 3.05) is 75.9 Å². The SMILES string of the molecule is CCc1nc(C(N)=O)c(Nc2ccc(N3CCC(N4CCN(C)CC4)CC3)c(S(=O)(=O)N(C)C)c2)nc1N[C@H]1CC[C@H](O)CC1. The molecule has 0 bridgehead atoms. The van der Waals surface area contributed by atoms with Gasteiger partial charge in [0.05, 0.1) is 17.5 Å². The van der Waals surface area contributed by atoms with Crippen LogP contribution >= 0.6 is 0 Å². The summed E-state index contributed by atoms with van der Waals surface area (Å²) < 4.78 is 28.5. The number of aromatic nitrogens is 2. The zero-order valence-electron chi connectivity index (χ0n) is 27.0. The number of piperazine rings is 1. The molecule has 5 rings (SSSR count). The van der Waals surface area contributed by atoms with Crippen LogP contribution in [-0.2, 0) is 16.4 Å². The summed E-state index contributed by atoms with van der Waals surface area (Å²) >= 11 is 0. The fourth-order valence-corrected chi connectivity index (χ4v) is 7.69. The van der Waals surface area contributed by atoms with Gasteiger partial charge in [0.1, 0.15) is 10.7 Å². The van der Waals surface area contributed by atoms with Crippen LogP contribution in [0.4, 0.5) is 23.0 Å². The molecule has 3 fully saturated rings. The minimum Gasteiger partial charge on any atom is -0.393 e. The van der Waals surface area contributed by atoms with Gasteiger partial charge in [-0.15, -0.1) is 0 Å². The number of aliphatic hydroxyl groups excluding tert-OH is 1. The molecule has 1 aliphatic carbocycles. The van der Waals surface area contributed by atoms with E-state index in [1.54, 1.807) is 6.07 Å². The highest BCUT2D eigenvalue weighted by molar-refractivity contribution is 7.89. The smallest absolute Gasteiger partial charge is 0.271 e. The van der Waals surface area contributed by atoms with Crippen LogP contribution in [-0.4, -0.2) is 122 Å². The zero-order chi connectivity index (χ0) is 32.3. The van der Waals surface area contributed by atoms with Crippen LogP contribution in [0.25, 0.3) is 0 Å². The second-order valence-corrected chi connectivity index (χ2v) is 14.9. The van der Waals surface area contributed by atoms with Crippen molar-refractivity contribution >= 4 is 38.9 Å². The van der Waals surface area contributed by atoms with Crippen LogP contribution in [0.3, 0.4) is 0 Å². The van der Waals surface area contributed by atoms with E-state index in [0.29, 0.717) is 48.2 Å². The number of aryl methyl sites for hydroxylation is 1. The maximum Gasteiger partial charge on any atom is 0.271 e. The van der Waals surface area contributed by atoms with Crippen LogP contribution in [0.1, 0.15) is 61.6 Å². The van der Waals surface area contributed by atoms with Crippen molar-refractivity contribution in [2.24, 2.45) is 5.73 Å². The quantitative estimate of drug-likeness (QED) is 0.300. The number of hydrogen-bond donors (Lipinski definition) is 4. The molecule has 2 aromatic rings. The number of carbonyl (C=O) groups excluding carboxylic acids is 1. The van der Waals surface area contributed by atoms with Crippen LogP contribution in [0, 0.1) is 0 Å². The van der Waals surface area contributed by atoms with E-state index in [0.717, 1.165) is 65.0 Å². The Morgan fingerprint density at radius 3 is 2.27 bits per heavy atom. The number of rotatable bonds is 10. The summed E-state index contributed by atoms with van der Waals surface area (Å²) in [5.74, 6) is -0.0210. The lowest BCUT2D eigenvalue weighted by Crippen LogP contribution is -2.52. The number of amides is 1. The highest BCUT2D eigenvalue weighted by Crippen LogP contribution is 2.34. The molecule has 13 nitrogen and oxygen atoms in total. The highest BCUT2D eigenvalue weighted by Gasteiger charge is 2.31. The van der Waals surface area contributed by atoms with E-state index in [-0.39, 0.29) is 28.6 Å². The highest BCUT2D eigenvalue weighted by atomic mass is 32.2. The number of piperidine rings is 1. The summed E-state index contributed by atoms with van der Waals surface area (Å²) in [4.78, 5) is 29.1. The van der Waals surface area contributed by atoms with Crippen LogP contribution in [0.5, 0.6) is 0 Å². The first-order valence-corrected chi connectivity index (χ1v) is 17.6. The van der Waals surface area contributed by atoms with E-state index >= 15 is 0 Å². The largest absolute Gasteiger partial charge is 0.393 e. The lowest BCUT2D eigenvalue weighted by Gasteiger charge is -2.43. The Bertz CT molecular complexity index is 1450. The number of sulfonamides is 1. The normalized spacial score (nSPS) is 22.5. The van der Waals surface area contributed by atoms with Crippen molar-refractivity contribution in [1.82, 2.24) is 24.1 Å². The van der Waals surface area contributed by atoms with Gasteiger partial charge in [-0.2, -0.15) is 0 Å². The molecule has 0 unspecified atom stereocenters. The zero-order valence-corrected chi connectivity index (χ0v) is 27.8. The molecule has 5 N–H and O–H groups in total. The third kappa shape index (κ3) is 7.68. The number of aliphatic hydroxyl groups is 1. The average molecular weight is 644 g/mol. The van der Waals surface area contributed by atoms with Gasteiger partial charge in [0.25, 0.3) is 5.91 Å². The second-order valence-electron chi connectivity index (χ2n) is 12.7. The third-order valence-corrected chi connectivity index (χ3v) is 11.3. The van der Waals surface area contributed by atoms with Gasteiger partial charge >= 0.3 is 0 Å². The van der Waals surface area contributed by atoms with Crippen molar-refractivity contribution in [1.29, 1.82) is 0 Å². The summed E-state index contributed by atoms with van der Waals surface area (Å²) in [7, 11) is 1.41. The number of nitrogens with two attached hydrogens (primary N) is 1. The Morgan fingerprint density at radius 2 is 1.67 bits per heavy atom. The fourth-order valence-electron chi connectivity index (χ4n) is 6.56. The maximum atomic E-state index is 13.6. The van der Waals surface area contributed by atoms with Gasteiger partial charge in [0.15, 0.2) is 11.5 Å². The Labute approximate surface area is 267 Å². The summed E-state index contributed by atoms with van der Waals surface area (Å²) in [6, 6.07) is 5.87. The van der Waals surface area contributed by atoms with E-state index in [1.165, 1.54) is 18.4 Å². The lowest BCUT2D eigenvalue weighted by molar-refractivity contribution is 0.0981. The van der Waals surface area contributed by atoms with Gasteiger partial charge in [-0.3, -0.25) is 9.69 Å². The first kappa shape index (κ1) is 33.3. The minimum atomic E-state index is -3.81. The van der Waals surface area contributed by atoms with Gasteiger partial charge in [-0.05, 0) is 70.2 Å². The molecule has 14 heteroatoms. The van der Waals surface area contributed by atoms with E-state index in [1.807, 2.05) is 19.1 Å². The Morgan fingerprint density at radius 1 is 1.00 bits per heavy atom. The number of nitrogens with zero attached hydrogens (tertiary/aromatic N) is 6. The number of carbonyl (C=O) groups is 1. The molecule has 2 aliphatic heterocycles. The summed E-state index contributed by atoms with van der Waals surface area (Å²) in [6.07, 6.45) is 5.22. The van der Waals surface area contributed by atoms with Gasteiger partial charge in [-0.1, -0.05) is 6.92 Å². The van der Waals surface area contributed by atoms with Gasteiger partial charge < -0.3 is 31.3 Å².